The lowest BCUT2D eigenvalue weighted by Gasteiger charge is -2.18. The smallest absolute Gasteiger partial charge is 0.305 e. The molecule has 0 aliphatic rings. The molecule has 0 saturated heterocycles. The van der Waals surface area contributed by atoms with Gasteiger partial charge in [0.15, 0.2) is 0 Å². The highest BCUT2D eigenvalue weighted by Gasteiger charge is 2.19. The Bertz CT molecular complexity index is 734. The summed E-state index contributed by atoms with van der Waals surface area (Å²) in [6.45, 7) is 0.363. The zero-order chi connectivity index (χ0) is 20.2. The van der Waals surface area contributed by atoms with Crippen LogP contribution in [0, 0.1) is 0 Å². The molecular formula is C22H26BrNO4. The van der Waals surface area contributed by atoms with Crippen LogP contribution in [0.1, 0.15) is 37.7 Å². The molecule has 0 heterocycles. The Balaban J connectivity index is 1.88. The van der Waals surface area contributed by atoms with E-state index in [-0.39, 0.29) is 11.9 Å². The van der Waals surface area contributed by atoms with Crippen molar-refractivity contribution in [3.8, 4) is 0 Å². The van der Waals surface area contributed by atoms with Crippen molar-refractivity contribution in [3.05, 3.63) is 64.6 Å². The third kappa shape index (κ3) is 8.23. The number of amides is 1. The van der Waals surface area contributed by atoms with Crippen molar-refractivity contribution in [1.29, 1.82) is 0 Å². The van der Waals surface area contributed by atoms with Crippen molar-refractivity contribution in [2.24, 2.45) is 0 Å². The number of hydrogen-bond donors (Lipinski definition) is 1. The molecule has 0 spiro atoms. The molecule has 0 bridgehead atoms. The first-order valence-electron chi connectivity index (χ1n) is 9.37. The van der Waals surface area contributed by atoms with E-state index in [1.54, 1.807) is 0 Å². The summed E-state index contributed by atoms with van der Waals surface area (Å²) in [5, 5.41) is 2.91. The molecular weight excluding hydrogens is 422 g/mol. The number of carbonyl (C=O) groups is 2. The second-order valence-electron chi connectivity index (χ2n) is 6.46. The molecule has 2 rings (SSSR count). The van der Waals surface area contributed by atoms with Crippen molar-refractivity contribution in [3.63, 3.8) is 0 Å². The minimum absolute atomic E-state index is 0.156. The van der Waals surface area contributed by atoms with Gasteiger partial charge in [-0.1, -0.05) is 59.1 Å². The third-order valence-corrected chi connectivity index (χ3v) is 4.80. The van der Waals surface area contributed by atoms with Crippen LogP contribution >= 0.6 is 15.9 Å². The molecule has 6 heteroatoms. The Morgan fingerprint density at radius 2 is 1.71 bits per heavy atom. The molecule has 2 aromatic rings. The summed E-state index contributed by atoms with van der Waals surface area (Å²) in [6.07, 6.45) is 2.82. The van der Waals surface area contributed by atoms with Crippen LogP contribution in [-0.4, -0.2) is 25.1 Å². The van der Waals surface area contributed by atoms with Gasteiger partial charge in [0.1, 0.15) is 6.10 Å². The average Bonchev–Trinajstić information content (AvgIpc) is 2.71. The first-order chi connectivity index (χ1) is 13.6. The van der Waals surface area contributed by atoms with Crippen molar-refractivity contribution in [2.75, 3.05) is 12.4 Å². The molecule has 1 amide bonds. The molecule has 1 unspecified atom stereocenters. The molecule has 1 atom stereocenters. The van der Waals surface area contributed by atoms with Gasteiger partial charge in [-0.25, -0.2) is 0 Å². The number of esters is 1. The highest BCUT2D eigenvalue weighted by Crippen LogP contribution is 2.16. The van der Waals surface area contributed by atoms with Crippen LogP contribution in [0.25, 0.3) is 0 Å². The second kappa shape index (κ2) is 12.3. The number of ether oxygens (including phenoxy) is 2. The maximum atomic E-state index is 12.7. The van der Waals surface area contributed by atoms with Crippen molar-refractivity contribution < 1.29 is 19.1 Å². The first kappa shape index (κ1) is 22.1. The van der Waals surface area contributed by atoms with E-state index in [1.165, 1.54) is 7.11 Å². The molecule has 0 aliphatic carbocycles. The van der Waals surface area contributed by atoms with E-state index in [1.807, 2.05) is 54.6 Å². The maximum Gasteiger partial charge on any atom is 0.305 e. The van der Waals surface area contributed by atoms with Gasteiger partial charge in [0.05, 0.1) is 13.7 Å². The molecule has 1 N–H and O–H groups in total. The maximum absolute atomic E-state index is 12.7. The number of anilines is 1. The lowest BCUT2D eigenvalue weighted by atomic mass is 10.1. The monoisotopic (exact) mass is 447 g/mol. The van der Waals surface area contributed by atoms with E-state index in [9.17, 15) is 9.59 Å². The van der Waals surface area contributed by atoms with Gasteiger partial charge in [-0.3, -0.25) is 9.59 Å². The van der Waals surface area contributed by atoms with Crippen LogP contribution < -0.4 is 5.32 Å². The highest BCUT2D eigenvalue weighted by molar-refractivity contribution is 9.10. The van der Waals surface area contributed by atoms with Crippen LogP contribution in [0.2, 0.25) is 0 Å². The lowest BCUT2D eigenvalue weighted by Crippen LogP contribution is -2.30. The van der Waals surface area contributed by atoms with E-state index in [4.69, 9.17) is 4.74 Å². The Morgan fingerprint density at radius 1 is 1.00 bits per heavy atom. The fourth-order valence-electron chi connectivity index (χ4n) is 2.69. The molecule has 150 valence electrons. The number of unbranched alkanes of at least 4 members (excludes halogenated alkanes) is 2. The Labute approximate surface area is 174 Å². The second-order valence-corrected chi connectivity index (χ2v) is 7.37. The fraction of sp³-hybridized carbons (Fsp3) is 0.364. The van der Waals surface area contributed by atoms with Gasteiger partial charge < -0.3 is 14.8 Å². The summed E-state index contributed by atoms with van der Waals surface area (Å²) >= 11 is 3.41. The number of para-hydroxylation sites is 1. The summed E-state index contributed by atoms with van der Waals surface area (Å²) < 4.78 is 11.6. The van der Waals surface area contributed by atoms with E-state index in [2.05, 4.69) is 26.0 Å². The predicted molar refractivity (Wildman–Crippen MR) is 113 cm³/mol. The lowest BCUT2D eigenvalue weighted by molar-refractivity contribution is -0.140. The molecule has 0 fully saturated rings. The van der Waals surface area contributed by atoms with E-state index in [0.717, 1.165) is 35.0 Å². The number of carbonyl (C=O) groups excluding carboxylic acids is 2. The van der Waals surface area contributed by atoms with Crippen LogP contribution in [0.4, 0.5) is 5.69 Å². The van der Waals surface area contributed by atoms with Crippen LogP contribution in [0.3, 0.4) is 0 Å². The summed E-state index contributed by atoms with van der Waals surface area (Å²) in [6, 6.07) is 17.2. The zero-order valence-electron chi connectivity index (χ0n) is 16.0. The molecule has 0 radical (unpaired) electrons. The average molecular weight is 448 g/mol. The van der Waals surface area contributed by atoms with E-state index < -0.39 is 6.10 Å². The van der Waals surface area contributed by atoms with Crippen molar-refractivity contribution in [1.82, 2.24) is 0 Å². The minimum Gasteiger partial charge on any atom is -0.469 e. The SMILES string of the molecule is COC(=O)CCCCCC(OCc1ccc(Br)cc1)C(=O)Nc1ccccc1. The number of benzene rings is 2. The Kier molecular flexibility index (Phi) is 9.72. The molecule has 28 heavy (non-hydrogen) atoms. The van der Waals surface area contributed by atoms with Gasteiger partial charge in [0.25, 0.3) is 5.91 Å². The summed E-state index contributed by atoms with van der Waals surface area (Å²) in [5.74, 6) is -0.360. The fourth-order valence-corrected chi connectivity index (χ4v) is 2.95. The van der Waals surface area contributed by atoms with Gasteiger partial charge in [-0.05, 0) is 42.7 Å². The molecule has 2 aromatic carbocycles. The van der Waals surface area contributed by atoms with Gasteiger partial charge in [0, 0.05) is 16.6 Å². The van der Waals surface area contributed by atoms with E-state index in [0.29, 0.717) is 19.4 Å². The minimum atomic E-state index is -0.554. The van der Waals surface area contributed by atoms with Crippen LogP contribution in [-0.2, 0) is 25.7 Å². The number of halogens is 1. The van der Waals surface area contributed by atoms with E-state index >= 15 is 0 Å². The van der Waals surface area contributed by atoms with Crippen molar-refractivity contribution in [2.45, 2.75) is 44.8 Å². The Morgan fingerprint density at radius 3 is 2.39 bits per heavy atom. The number of rotatable bonds is 11. The number of nitrogens with one attached hydrogen (secondary N) is 1. The van der Waals surface area contributed by atoms with Crippen molar-refractivity contribution >= 4 is 33.5 Å². The summed E-state index contributed by atoms with van der Waals surface area (Å²) in [5.41, 5.74) is 1.75. The molecule has 5 nitrogen and oxygen atoms in total. The van der Waals surface area contributed by atoms with Gasteiger partial charge in [-0.2, -0.15) is 0 Å². The summed E-state index contributed by atoms with van der Waals surface area (Å²) in [7, 11) is 1.39. The molecule has 0 aromatic heterocycles. The Hall–Kier alpha value is -2.18. The van der Waals surface area contributed by atoms with Crippen LogP contribution in [0.5, 0.6) is 0 Å². The van der Waals surface area contributed by atoms with Gasteiger partial charge >= 0.3 is 5.97 Å². The summed E-state index contributed by atoms with van der Waals surface area (Å²) in [4.78, 5) is 23.9. The predicted octanol–water partition coefficient (Wildman–Crippen LogP) is 5.10. The standard InChI is InChI=1S/C22H26BrNO4/c1-27-21(25)11-7-3-6-10-20(22(26)24-19-8-4-2-5-9-19)28-16-17-12-14-18(23)15-13-17/h2,4-5,8-9,12-15,20H,3,6-7,10-11,16H2,1H3,(H,24,26). The number of hydrogen-bond acceptors (Lipinski definition) is 4. The quantitative estimate of drug-likeness (QED) is 0.384. The molecule has 0 saturated carbocycles. The number of methoxy groups -OCH3 is 1. The highest BCUT2D eigenvalue weighted by atomic mass is 79.9. The van der Waals surface area contributed by atoms with Gasteiger partial charge in [-0.15, -0.1) is 0 Å². The first-order valence-corrected chi connectivity index (χ1v) is 10.2. The zero-order valence-corrected chi connectivity index (χ0v) is 17.6. The largest absolute Gasteiger partial charge is 0.469 e. The topological polar surface area (TPSA) is 64.6 Å². The molecule has 0 aliphatic heterocycles. The third-order valence-electron chi connectivity index (χ3n) is 4.27. The van der Waals surface area contributed by atoms with Crippen LogP contribution in [0.15, 0.2) is 59.1 Å². The normalized spacial score (nSPS) is 11.6. The van der Waals surface area contributed by atoms with Gasteiger partial charge in [0.2, 0.25) is 0 Å².